The summed E-state index contributed by atoms with van der Waals surface area (Å²) in [7, 11) is 2.44. The van der Waals surface area contributed by atoms with Crippen molar-refractivity contribution >= 4 is 21.6 Å². The van der Waals surface area contributed by atoms with Crippen molar-refractivity contribution in [1.82, 2.24) is 13.9 Å². The van der Waals surface area contributed by atoms with Gasteiger partial charge in [0.25, 0.3) is 10.0 Å². The lowest BCUT2D eigenvalue weighted by atomic mass is 9.98. The van der Waals surface area contributed by atoms with Crippen LogP contribution in [0.2, 0.25) is 0 Å². The van der Waals surface area contributed by atoms with Crippen LogP contribution in [0.3, 0.4) is 0 Å². The fourth-order valence-electron chi connectivity index (χ4n) is 3.43. The predicted octanol–water partition coefficient (Wildman–Crippen LogP) is 1.49. The largest absolute Gasteiger partial charge is 0.493 e. The van der Waals surface area contributed by atoms with Crippen LogP contribution in [0, 0.1) is 5.92 Å². The Bertz CT molecular complexity index is 995. The summed E-state index contributed by atoms with van der Waals surface area (Å²) in [6, 6.07) is 3.26. The number of piperidine rings is 1. The van der Waals surface area contributed by atoms with Crippen molar-refractivity contribution in [3.05, 3.63) is 24.7 Å². The summed E-state index contributed by atoms with van der Waals surface area (Å²) in [4.78, 5) is 16.8. The standard InChI is InChI=1S/C19H26N4O6S/c1-22-11-17(20-12-22)30(25,26)23-7-5-6-13(10-23)19(24)21-14-8-15(27-2)18(29-4)16(9-14)28-3/h8-9,11-13H,5-7,10H2,1-4H3,(H,21,24). The zero-order chi connectivity index (χ0) is 21.9. The first-order valence-electron chi connectivity index (χ1n) is 9.39. The molecular weight excluding hydrogens is 412 g/mol. The van der Waals surface area contributed by atoms with E-state index in [4.69, 9.17) is 14.2 Å². The highest BCUT2D eigenvalue weighted by molar-refractivity contribution is 7.89. The van der Waals surface area contributed by atoms with Crippen LogP contribution in [-0.4, -0.2) is 62.6 Å². The molecule has 3 rings (SSSR count). The average Bonchev–Trinajstić information content (AvgIpc) is 3.20. The lowest BCUT2D eigenvalue weighted by Gasteiger charge is -2.30. The van der Waals surface area contributed by atoms with Crippen molar-refractivity contribution in [2.24, 2.45) is 13.0 Å². The Morgan fingerprint density at radius 1 is 1.17 bits per heavy atom. The number of rotatable bonds is 7. The third-order valence-corrected chi connectivity index (χ3v) is 6.72. The monoisotopic (exact) mass is 438 g/mol. The van der Waals surface area contributed by atoms with E-state index in [0.717, 1.165) is 0 Å². The SMILES string of the molecule is COc1cc(NC(=O)C2CCCN(S(=O)(=O)c3cn(C)cn3)C2)cc(OC)c1OC. The summed E-state index contributed by atoms with van der Waals surface area (Å²) < 4.78 is 44.5. The Kier molecular flexibility index (Phi) is 6.52. The van der Waals surface area contributed by atoms with Gasteiger partial charge in [0.1, 0.15) is 0 Å². The topological polar surface area (TPSA) is 112 Å². The second-order valence-electron chi connectivity index (χ2n) is 6.98. The zero-order valence-corrected chi connectivity index (χ0v) is 18.2. The first kappa shape index (κ1) is 21.9. The average molecular weight is 439 g/mol. The predicted molar refractivity (Wildman–Crippen MR) is 109 cm³/mol. The Balaban J connectivity index is 1.76. The van der Waals surface area contributed by atoms with Crippen LogP contribution >= 0.6 is 0 Å². The Morgan fingerprint density at radius 3 is 2.37 bits per heavy atom. The van der Waals surface area contributed by atoms with Gasteiger partial charge in [-0.05, 0) is 12.8 Å². The minimum Gasteiger partial charge on any atom is -0.493 e. The van der Waals surface area contributed by atoms with Crippen molar-refractivity contribution in [1.29, 1.82) is 0 Å². The molecular formula is C19H26N4O6S. The molecule has 1 saturated heterocycles. The van der Waals surface area contributed by atoms with Crippen molar-refractivity contribution in [3.63, 3.8) is 0 Å². The first-order chi connectivity index (χ1) is 14.3. The van der Waals surface area contributed by atoms with Crippen molar-refractivity contribution in [2.45, 2.75) is 17.9 Å². The third kappa shape index (κ3) is 4.36. The molecule has 0 aliphatic carbocycles. The Labute approximate surface area is 175 Å². The number of imidazole rings is 1. The van der Waals surface area contributed by atoms with E-state index in [1.165, 1.54) is 38.2 Å². The fourth-order valence-corrected chi connectivity index (χ4v) is 4.92. The van der Waals surface area contributed by atoms with Gasteiger partial charge in [-0.3, -0.25) is 4.79 Å². The highest BCUT2D eigenvalue weighted by Crippen LogP contribution is 2.40. The summed E-state index contributed by atoms with van der Waals surface area (Å²) in [5, 5.41) is 2.81. The number of nitrogens with zero attached hydrogens (tertiary/aromatic N) is 3. The van der Waals surface area contributed by atoms with Crippen molar-refractivity contribution in [3.8, 4) is 17.2 Å². The molecule has 0 radical (unpaired) electrons. The number of aromatic nitrogens is 2. The quantitative estimate of drug-likeness (QED) is 0.697. The molecule has 1 N–H and O–H groups in total. The normalized spacial score (nSPS) is 17.4. The number of sulfonamides is 1. The maximum absolute atomic E-state index is 12.9. The number of hydrogen-bond donors (Lipinski definition) is 1. The number of amides is 1. The van der Waals surface area contributed by atoms with E-state index in [0.29, 0.717) is 42.3 Å². The van der Waals surface area contributed by atoms with Gasteiger partial charge in [-0.2, -0.15) is 4.31 Å². The lowest BCUT2D eigenvalue weighted by Crippen LogP contribution is -2.43. The number of hydrogen-bond acceptors (Lipinski definition) is 7. The molecule has 10 nitrogen and oxygen atoms in total. The molecule has 1 aliphatic rings. The fraction of sp³-hybridized carbons (Fsp3) is 0.474. The van der Waals surface area contributed by atoms with Gasteiger partial charge in [0.05, 0.1) is 33.6 Å². The molecule has 1 amide bonds. The maximum atomic E-state index is 12.9. The number of benzene rings is 1. The van der Waals surface area contributed by atoms with Gasteiger partial charge in [0.2, 0.25) is 11.7 Å². The molecule has 30 heavy (non-hydrogen) atoms. The Hall–Kier alpha value is -2.79. The number of aryl methyl sites for hydroxylation is 1. The van der Waals surface area contributed by atoms with Gasteiger partial charge < -0.3 is 24.1 Å². The number of methoxy groups -OCH3 is 3. The van der Waals surface area contributed by atoms with Crippen molar-refractivity contribution < 1.29 is 27.4 Å². The lowest BCUT2D eigenvalue weighted by molar-refractivity contribution is -0.120. The van der Waals surface area contributed by atoms with Crippen LogP contribution in [0.15, 0.2) is 29.7 Å². The van der Waals surface area contributed by atoms with E-state index >= 15 is 0 Å². The molecule has 164 valence electrons. The molecule has 0 spiro atoms. The smallest absolute Gasteiger partial charge is 0.262 e. The summed E-state index contributed by atoms with van der Waals surface area (Å²) in [5.41, 5.74) is 0.471. The number of anilines is 1. The second-order valence-corrected chi connectivity index (χ2v) is 8.87. The van der Waals surface area contributed by atoms with E-state index < -0.39 is 15.9 Å². The summed E-state index contributed by atoms with van der Waals surface area (Å²) in [6.07, 6.45) is 4.06. The van der Waals surface area contributed by atoms with E-state index in [1.54, 1.807) is 23.7 Å². The van der Waals surface area contributed by atoms with E-state index in [1.807, 2.05) is 0 Å². The molecule has 2 heterocycles. The molecule has 0 bridgehead atoms. The van der Waals surface area contributed by atoms with Gasteiger partial charge in [0.15, 0.2) is 16.5 Å². The highest BCUT2D eigenvalue weighted by Gasteiger charge is 2.34. The minimum absolute atomic E-state index is 0.0179. The van der Waals surface area contributed by atoms with Crippen LogP contribution in [0.1, 0.15) is 12.8 Å². The number of nitrogens with one attached hydrogen (secondary N) is 1. The second kappa shape index (κ2) is 8.92. The van der Waals surface area contributed by atoms with Gasteiger partial charge in [-0.25, -0.2) is 13.4 Å². The highest BCUT2D eigenvalue weighted by atomic mass is 32.2. The van der Waals surface area contributed by atoms with E-state index in [2.05, 4.69) is 10.3 Å². The van der Waals surface area contributed by atoms with Crippen LogP contribution in [0.25, 0.3) is 0 Å². The third-order valence-electron chi connectivity index (χ3n) is 4.97. The molecule has 1 aliphatic heterocycles. The molecule has 0 saturated carbocycles. The molecule has 11 heteroatoms. The van der Waals surface area contributed by atoms with Crippen LogP contribution in [-0.2, 0) is 21.9 Å². The van der Waals surface area contributed by atoms with E-state index in [9.17, 15) is 13.2 Å². The first-order valence-corrected chi connectivity index (χ1v) is 10.8. The molecule has 2 aromatic rings. The molecule has 1 fully saturated rings. The van der Waals surface area contributed by atoms with E-state index in [-0.39, 0.29) is 17.5 Å². The summed E-state index contributed by atoms with van der Waals surface area (Å²) >= 11 is 0. The van der Waals surface area contributed by atoms with Crippen LogP contribution in [0.4, 0.5) is 5.69 Å². The van der Waals surface area contributed by atoms with Gasteiger partial charge in [0, 0.05) is 44.2 Å². The minimum atomic E-state index is -3.75. The zero-order valence-electron chi connectivity index (χ0n) is 17.4. The molecule has 1 atom stereocenters. The van der Waals surface area contributed by atoms with Gasteiger partial charge >= 0.3 is 0 Å². The van der Waals surface area contributed by atoms with Crippen molar-refractivity contribution in [2.75, 3.05) is 39.7 Å². The molecule has 1 unspecified atom stereocenters. The number of carbonyl (C=O) groups excluding carboxylic acids is 1. The Morgan fingerprint density at radius 2 is 1.83 bits per heavy atom. The molecule has 1 aromatic carbocycles. The number of carbonyl (C=O) groups is 1. The van der Waals surface area contributed by atoms with Gasteiger partial charge in [-0.15, -0.1) is 0 Å². The van der Waals surface area contributed by atoms with Gasteiger partial charge in [-0.1, -0.05) is 0 Å². The summed E-state index contributed by atoms with van der Waals surface area (Å²) in [6.45, 7) is 0.446. The van der Waals surface area contributed by atoms with Crippen LogP contribution in [0.5, 0.6) is 17.2 Å². The maximum Gasteiger partial charge on any atom is 0.262 e. The van der Waals surface area contributed by atoms with Crippen LogP contribution < -0.4 is 19.5 Å². The molecule has 1 aromatic heterocycles. The number of ether oxygens (including phenoxy) is 3. The summed E-state index contributed by atoms with van der Waals surface area (Å²) in [5.74, 6) is 0.482.